The van der Waals surface area contributed by atoms with E-state index < -0.39 is 0 Å². The second-order valence-electron chi connectivity index (χ2n) is 3.68. The quantitative estimate of drug-likeness (QED) is 0.706. The Morgan fingerprint density at radius 3 is 3.00 bits per heavy atom. The normalized spacial score (nSPS) is 10.7. The number of nitrogens with zero attached hydrogens (tertiary/aromatic N) is 3. The lowest BCUT2D eigenvalue weighted by Gasteiger charge is -2.09. The highest BCUT2D eigenvalue weighted by atomic mass is 32.2. The number of aromatic amines is 1. The van der Waals surface area contributed by atoms with Crippen LogP contribution in [0.1, 0.15) is 0 Å². The highest BCUT2D eigenvalue weighted by Crippen LogP contribution is 2.28. The lowest BCUT2D eigenvalue weighted by molar-refractivity contribution is 1.09. The molecule has 0 saturated heterocycles. The van der Waals surface area contributed by atoms with Crippen LogP contribution in [0.3, 0.4) is 0 Å². The fourth-order valence-electron chi connectivity index (χ4n) is 1.74. The Morgan fingerprint density at radius 1 is 1.22 bits per heavy atom. The van der Waals surface area contributed by atoms with Gasteiger partial charge in [-0.2, -0.15) is 5.10 Å². The molecule has 3 aromatic rings. The predicted molar refractivity (Wildman–Crippen MR) is 73.2 cm³/mol. The molecule has 0 amide bonds. The number of rotatable bonds is 3. The van der Waals surface area contributed by atoms with Gasteiger partial charge >= 0.3 is 0 Å². The minimum Gasteiger partial charge on any atom is -0.339 e. The van der Waals surface area contributed by atoms with E-state index in [1.54, 1.807) is 18.0 Å². The Balaban J connectivity index is 2.04. The average molecular weight is 257 g/mol. The molecule has 0 saturated carbocycles. The second-order valence-corrected chi connectivity index (χ2v) is 4.53. The predicted octanol–water partition coefficient (Wildman–Crippen LogP) is 2.82. The SMILES string of the molecule is CSc1ccccc1Nc1ncnc2[nH]ncc12. The first-order valence-electron chi connectivity index (χ1n) is 5.42. The Bertz CT molecular complexity index is 679. The lowest BCUT2D eigenvalue weighted by Crippen LogP contribution is -1.96. The first-order valence-corrected chi connectivity index (χ1v) is 6.65. The summed E-state index contributed by atoms with van der Waals surface area (Å²) in [7, 11) is 0. The Hall–Kier alpha value is -2.08. The fraction of sp³-hybridized carbons (Fsp3) is 0.0833. The van der Waals surface area contributed by atoms with Crippen molar-refractivity contribution in [1.82, 2.24) is 20.2 Å². The summed E-state index contributed by atoms with van der Waals surface area (Å²) in [4.78, 5) is 9.54. The summed E-state index contributed by atoms with van der Waals surface area (Å²) in [5, 5.41) is 11.0. The minimum absolute atomic E-state index is 0.731. The maximum absolute atomic E-state index is 4.26. The molecule has 18 heavy (non-hydrogen) atoms. The molecule has 0 unspecified atom stereocenters. The van der Waals surface area contributed by atoms with E-state index >= 15 is 0 Å². The van der Waals surface area contributed by atoms with Gasteiger partial charge in [-0.3, -0.25) is 5.10 Å². The van der Waals surface area contributed by atoms with Gasteiger partial charge in [0, 0.05) is 4.90 Å². The van der Waals surface area contributed by atoms with E-state index in [9.17, 15) is 0 Å². The Morgan fingerprint density at radius 2 is 2.11 bits per heavy atom. The molecule has 2 heterocycles. The van der Waals surface area contributed by atoms with E-state index in [1.807, 2.05) is 24.5 Å². The van der Waals surface area contributed by atoms with Crippen LogP contribution in [0, 0.1) is 0 Å². The van der Waals surface area contributed by atoms with Crippen LogP contribution >= 0.6 is 11.8 Å². The van der Waals surface area contributed by atoms with E-state index in [1.165, 1.54) is 11.2 Å². The summed E-state index contributed by atoms with van der Waals surface area (Å²) >= 11 is 1.69. The zero-order valence-electron chi connectivity index (χ0n) is 9.71. The Kier molecular flexibility index (Phi) is 2.85. The summed E-state index contributed by atoms with van der Waals surface area (Å²) in [5.41, 5.74) is 1.76. The van der Waals surface area contributed by atoms with Gasteiger partial charge in [0.15, 0.2) is 5.65 Å². The summed E-state index contributed by atoms with van der Waals surface area (Å²) in [5.74, 6) is 0.759. The molecule has 0 spiro atoms. The number of H-pyrrole nitrogens is 1. The van der Waals surface area contributed by atoms with E-state index in [2.05, 4.69) is 31.5 Å². The summed E-state index contributed by atoms with van der Waals surface area (Å²) in [6.07, 6.45) is 5.29. The van der Waals surface area contributed by atoms with Crippen LogP contribution in [0.5, 0.6) is 0 Å². The van der Waals surface area contributed by atoms with E-state index in [0.29, 0.717) is 0 Å². The first-order chi connectivity index (χ1) is 8.88. The van der Waals surface area contributed by atoms with Crippen molar-refractivity contribution in [3.8, 4) is 0 Å². The number of fused-ring (bicyclic) bond motifs is 1. The second kappa shape index (κ2) is 4.66. The lowest BCUT2D eigenvalue weighted by atomic mass is 10.3. The number of nitrogens with one attached hydrogen (secondary N) is 2. The van der Waals surface area contributed by atoms with Crippen molar-refractivity contribution in [2.24, 2.45) is 0 Å². The molecule has 90 valence electrons. The van der Waals surface area contributed by atoms with Crippen LogP contribution in [0.2, 0.25) is 0 Å². The van der Waals surface area contributed by atoms with Crippen molar-refractivity contribution in [3.63, 3.8) is 0 Å². The third-order valence-corrected chi connectivity index (χ3v) is 3.40. The molecule has 0 aliphatic carbocycles. The van der Waals surface area contributed by atoms with Crippen molar-refractivity contribution in [1.29, 1.82) is 0 Å². The van der Waals surface area contributed by atoms with Gasteiger partial charge < -0.3 is 5.32 Å². The highest BCUT2D eigenvalue weighted by Gasteiger charge is 2.07. The Labute approximate surface area is 108 Å². The van der Waals surface area contributed by atoms with Crippen LogP contribution in [0.15, 0.2) is 41.7 Å². The van der Waals surface area contributed by atoms with Crippen LogP contribution in [0.25, 0.3) is 11.0 Å². The van der Waals surface area contributed by atoms with Crippen LogP contribution in [-0.4, -0.2) is 26.4 Å². The van der Waals surface area contributed by atoms with Gasteiger partial charge in [0.1, 0.15) is 12.1 Å². The number of anilines is 2. The van der Waals surface area contributed by atoms with Gasteiger partial charge in [-0.05, 0) is 18.4 Å². The number of para-hydroxylation sites is 1. The van der Waals surface area contributed by atoms with Crippen LogP contribution in [0.4, 0.5) is 11.5 Å². The number of hydrogen-bond acceptors (Lipinski definition) is 5. The average Bonchev–Trinajstić information content (AvgIpc) is 2.89. The molecule has 3 rings (SSSR count). The summed E-state index contributed by atoms with van der Waals surface area (Å²) in [6.45, 7) is 0. The first kappa shape index (κ1) is 11.0. The van der Waals surface area contributed by atoms with Gasteiger partial charge in [0.05, 0.1) is 17.3 Å². The minimum atomic E-state index is 0.731. The number of aromatic nitrogens is 4. The zero-order chi connectivity index (χ0) is 12.4. The maximum atomic E-state index is 4.26. The number of benzene rings is 1. The monoisotopic (exact) mass is 257 g/mol. The van der Waals surface area contributed by atoms with Gasteiger partial charge in [-0.15, -0.1) is 11.8 Å². The molecule has 0 bridgehead atoms. The summed E-state index contributed by atoms with van der Waals surface area (Å²) < 4.78 is 0. The third-order valence-electron chi connectivity index (χ3n) is 2.61. The van der Waals surface area contributed by atoms with Gasteiger partial charge in [0.2, 0.25) is 0 Å². The largest absolute Gasteiger partial charge is 0.339 e. The van der Waals surface area contributed by atoms with Gasteiger partial charge in [0.25, 0.3) is 0 Å². The van der Waals surface area contributed by atoms with Crippen molar-refractivity contribution in [2.45, 2.75) is 4.90 Å². The van der Waals surface area contributed by atoms with Crippen molar-refractivity contribution < 1.29 is 0 Å². The zero-order valence-corrected chi connectivity index (χ0v) is 10.5. The molecule has 5 nitrogen and oxygen atoms in total. The van der Waals surface area contributed by atoms with Gasteiger partial charge in [-0.25, -0.2) is 9.97 Å². The van der Waals surface area contributed by atoms with Crippen LogP contribution < -0.4 is 5.32 Å². The maximum Gasteiger partial charge on any atom is 0.160 e. The topological polar surface area (TPSA) is 66.5 Å². The van der Waals surface area contributed by atoms with E-state index in [-0.39, 0.29) is 0 Å². The summed E-state index contributed by atoms with van der Waals surface area (Å²) in [6, 6.07) is 8.11. The van der Waals surface area contributed by atoms with Crippen molar-refractivity contribution >= 4 is 34.3 Å². The molecular weight excluding hydrogens is 246 g/mol. The fourth-order valence-corrected chi connectivity index (χ4v) is 2.29. The molecule has 0 fully saturated rings. The van der Waals surface area contributed by atoms with E-state index in [0.717, 1.165) is 22.5 Å². The molecule has 2 aromatic heterocycles. The molecule has 1 aromatic carbocycles. The molecule has 0 aliphatic heterocycles. The van der Waals surface area contributed by atoms with Crippen molar-refractivity contribution in [2.75, 3.05) is 11.6 Å². The number of hydrogen-bond donors (Lipinski definition) is 2. The third kappa shape index (κ3) is 1.91. The number of thioether (sulfide) groups is 1. The highest BCUT2D eigenvalue weighted by molar-refractivity contribution is 7.98. The molecular formula is C12H11N5S. The van der Waals surface area contributed by atoms with E-state index in [4.69, 9.17) is 0 Å². The molecule has 0 atom stereocenters. The molecule has 0 aliphatic rings. The molecule has 0 radical (unpaired) electrons. The van der Waals surface area contributed by atoms with Crippen LogP contribution in [-0.2, 0) is 0 Å². The molecule has 6 heteroatoms. The molecule has 2 N–H and O–H groups in total. The smallest absolute Gasteiger partial charge is 0.160 e. The van der Waals surface area contributed by atoms with Gasteiger partial charge in [-0.1, -0.05) is 12.1 Å². The standard InChI is InChI=1S/C12H11N5S/c1-18-10-5-3-2-4-9(10)16-11-8-6-15-17-12(8)14-7-13-11/h2-7H,1H3,(H2,13,14,15,16,17). The van der Waals surface area contributed by atoms with Crippen molar-refractivity contribution in [3.05, 3.63) is 36.8 Å².